The lowest BCUT2D eigenvalue weighted by molar-refractivity contribution is -0.152. The molecule has 0 aliphatic rings. The molecule has 1 rings (SSSR count). The summed E-state index contributed by atoms with van der Waals surface area (Å²) in [5.41, 5.74) is 0.987. The predicted molar refractivity (Wildman–Crippen MR) is 149 cm³/mol. The molecule has 36 heavy (non-hydrogen) atoms. The van der Waals surface area contributed by atoms with Crippen LogP contribution in [-0.4, -0.2) is 39.2 Å². The minimum Gasteiger partial charge on any atom is -0.465 e. The number of hydrogen-bond acceptors (Lipinski definition) is 5. The molecule has 1 aromatic rings. The lowest BCUT2D eigenvalue weighted by atomic mass is 9.84. The van der Waals surface area contributed by atoms with Crippen LogP contribution in [0.5, 0.6) is 0 Å². The van der Waals surface area contributed by atoms with Gasteiger partial charge in [-0.05, 0) is 29.2 Å². The van der Waals surface area contributed by atoms with Crippen LogP contribution in [0.3, 0.4) is 0 Å². The van der Waals surface area contributed by atoms with Gasteiger partial charge in [-0.2, -0.15) is 0 Å². The van der Waals surface area contributed by atoms with Gasteiger partial charge in [-0.15, -0.1) is 0 Å². The van der Waals surface area contributed by atoms with E-state index in [9.17, 15) is 9.59 Å². The maximum Gasteiger partial charge on any atom is 0.306 e. The van der Waals surface area contributed by atoms with Gasteiger partial charge in [-0.3, -0.25) is 4.79 Å². The fourth-order valence-electron chi connectivity index (χ4n) is 3.89. The van der Waals surface area contributed by atoms with Gasteiger partial charge in [-0.25, -0.2) is 0 Å². The number of benzene rings is 1. The second-order valence-corrected chi connectivity index (χ2v) is 12.0. The molecule has 0 aliphatic heterocycles. The van der Waals surface area contributed by atoms with Crippen molar-refractivity contribution in [2.45, 2.75) is 106 Å². The molecule has 0 saturated heterocycles. The Hall–Kier alpha value is -1.72. The molecule has 0 fully saturated rings. The molecule has 0 bridgehead atoms. The quantitative estimate of drug-likeness (QED) is 0.150. The summed E-state index contributed by atoms with van der Waals surface area (Å²) in [5, 5.41) is 0. The van der Waals surface area contributed by atoms with E-state index < -0.39 is 0 Å². The first-order valence-corrected chi connectivity index (χ1v) is 13.6. The highest BCUT2D eigenvalue weighted by atomic mass is 16.5. The second-order valence-electron chi connectivity index (χ2n) is 12.0. The van der Waals surface area contributed by atoms with Crippen LogP contribution in [0.4, 0.5) is 0 Å². The number of esters is 1. The van der Waals surface area contributed by atoms with Crippen molar-refractivity contribution in [3.63, 3.8) is 0 Å². The number of ether oxygens (including phenoxy) is 3. The van der Waals surface area contributed by atoms with Gasteiger partial charge in [-0.1, -0.05) is 104 Å². The maximum absolute atomic E-state index is 12.3. The standard InChI is InChI=1S/C22H36O4.C9H18O/c1-6-7-13-21(2,3)14-20(23)26-18-22(4,16-24-5)17-25-15-19-11-9-8-10-12-19;1-4-5-6-9(2,3)7-8-10/h8-12H,6-7,13-18H2,1-5H3;8H,4-7H2,1-3H3. The summed E-state index contributed by atoms with van der Waals surface area (Å²) in [7, 11) is 1.66. The van der Waals surface area contributed by atoms with Gasteiger partial charge in [0.25, 0.3) is 0 Å². The molecule has 0 radical (unpaired) electrons. The summed E-state index contributed by atoms with van der Waals surface area (Å²) in [6, 6.07) is 10.0. The predicted octanol–water partition coefficient (Wildman–Crippen LogP) is 7.80. The third kappa shape index (κ3) is 17.7. The van der Waals surface area contributed by atoms with Crippen molar-refractivity contribution in [2.24, 2.45) is 16.2 Å². The molecule has 0 aliphatic carbocycles. The Kier molecular flexibility index (Phi) is 17.6. The van der Waals surface area contributed by atoms with Gasteiger partial charge in [0, 0.05) is 18.9 Å². The van der Waals surface area contributed by atoms with Crippen LogP contribution in [0.25, 0.3) is 0 Å². The minimum absolute atomic E-state index is 0.0193. The average molecular weight is 507 g/mol. The summed E-state index contributed by atoms with van der Waals surface area (Å²) in [6.07, 6.45) is 9.11. The second kappa shape index (κ2) is 18.5. The Morgan fingerprint density at radius 1 is 0.861 bits per heavy atom. The SMILES string of the molecule is CCCCC(C)(C)CC(=O)OCC(C)(COC)COCc1ccccc1.CCCCC(C)(C)CC=O. The van der Waals surface area contributed by atoms with Crippen LogP contribution in [0.1, 0.15) is 105 Å². The summed E-state index contributed by atoms with van der Waals surface area (Å²) < 4.78 is 16.8. The molecule has 0 amide bonds. The molecule has 5 heteroatoms. The van der Waals surface area contributed by atoms with Crippen LogP contribution in [0, 0.1) is 16.2 Å². The van der Waals surface area contributed by atoms with Gasteiger partial charge >= 0.3 is 5.97 Å². The molecule has 0 spiro atoms. The van der Waals surface area contributed by atoms with Crippen LogP contribution in [-0.2, 0) is 30.4 Å². The molecular weight excluding hydrogens is 452 g/mol. The zero-order valence-electron chi connectivity index (χ0n) is 24.5. The minimum atomic E-state index is -0.354. The Bertz CT molecular complexity index is 698. The first kappa shape index (κ1) is 34.3. The lowest BCUT2D eigenvalue weighted by Crippen LogP contribution is -2.35. The topological polar surface area (TPSA) is 61.8 Å². The number of carbonyl (C=O) groups excluding carboxylic acids is 2. The maximum atomic E-state index is 12.3. The monoisotopic (exact) mass is 506 g/mol. The Balaban J connectivity index is 0.00000103. The summed E-state index contributed by atoms with van der Waals surface area (Å²) in [5.74, 6) is -0.142. The van der Waals surface area contributed by atoms with Gasteiger partial charge in [0.1, 0.15) is 12.9 Å². The van der Waals surface area contributed by atoms with E-state index in [1.165, 1.54) is 19.3 Å². The highest BCUT2D eigenvalue weighted by Crippen LogP contribution is 2.29. The molecular formula is C31H54O5. The van der Waals surface area contributed by atoms with Crippen LogP contribution < -0.4 is 0 Å². The van der Waals surface area contributed by atoms with Crippen LogP contribution in [0.15, 0.2) is 30.3 Å². The Labute approximate surface area is 221 Å². The molecule has 1 atom stereocenters. The van der Waals surface area contributed by atoms with Crippen molar-refractivity contribution < 1.29 is 23.8 Å². The summed E-state index contributed by atoms with van der Waals surface area (Å²) >= 11 is 0. The van der Waals surface area contributed by atoms with Crippen molar-refractivity contribution in [3.8, 4) is 0 Å². The van der Waals surface area contributed by atoms with Crippen LogP contribution in [0.2, 0.25) is 0 Å². The van der Waals surface area contributed by atoms with E-state index in [1.54, 1.807) is 7.11 Å². The molecule has 1 aromatic carbocycles. The molecule has 208 valence electrons. The van der Waals surface area contributed by atoms with Crippen molar-refractivity contribution in [1.29, 1.82) is 0 Å². The summed E-state index contributed by atoms with van der Waals surface area (Å²) in [4.78, 5) is 22.4. The molecule has 0 saturated carbocycles. The smallest absolute Gasteiger partial charge is 0.306 e. The van der Waals surface area contributed by atoms with Gasteiger partial charge in [0.2, 0.25) is 0 Å². The van der Waals surface area contributed by atoms with E-state index in [0.717, 1.165) is 31.1 Å². The van der Waals surface area contributed by atoms with E-state index in [4.69, 9.17) is 14.2 Å². The first-order chi connectivity index (χ1) is 16.9. The Morgan fingerprint density at radius 3 is 1.97 bits per heavy atom. The van der Waals surface area contributed by atoms with Gasteiger partial charge in [0.05, 0.1) is 26.2 Å². The molecule has 0 aromatic heterocycles. The van der Waals surface area contributed by atoms with E-state index in [-0.39, 0.29) is 22.2 Å². The zero-order valence-corrected chi connectivity index (χ0v) is 24.5. The average Bonchev–Trinajstić information content (AvgIpc) is 2.81. The number of carbonyl (C=O) groups is 2. The van der Waals surface area contributed by atoms with Gasteiger partial charge < -0.3 is 19.0 Å². The highest BCUT2D eigenvalue weighted by molar-refractivity contribution is 5.70. The van der Waals surface area contributed by atoms with Crippen molar-refractivity contribution >= 4 is 12.3 Å². The van der Waals surface area contributed by atoms with Crippen molar-refractivity contribution in [2.75, 3.05) is 26.9 Å². The third-order valence-electron chi connectivity index (χ3n) is 6.31. The molecule has 1 unspecified atom stereocenters. The summed E-state index contributed by atoms with van der Waals surface area (Å²) in [6.45, 7) is 16.7. The number of unbranched alkanes of at least 4 members (excludes halogenated alkanes) is 2. The van der Waals surface area contributed by atoms with E-state index in [0.29, 0.717) is 39.3 Å². The van der Waals surface area contributed by atoms with Gasteiger partial charge in [0.15, 0.2) is 0 Å². The van der Waals surface area contributed by atoms with E-state index >= 15 is 0 Å². The molecule has 0 heterocycles. The normalized spacial score (nSPS) is 13.3. The van der Waals surface area contributed by atoms with Crippen LogP contribution >= 0.6 is 0 Å². The molecule has 0 N–H and O–H groups in total. The number of aldehydes is 1. The number of rotatable bonds is 18. The fourth-order valence-corrected chi connectivity index (χ4v) is 3.89. The van der Waals surface area contributed by atoms with E-state index in [2.05, 4.69) is 41.5 Å². The molecule has 5 nitrogen and oxygen atoms in total. The number of hydrogen-bond donors (Lipinski definition) is 0. The first-order valence-electron chi connectivity index (χ1n) is 13.6. The Morgan fingerprint density at radius 2 is 1.44 bits per heavy atom. The fraction of sp³-hybridized carbons (Fsp3) is 0.742. The largest absolute Gasteiger partial charge is 0.465 e. The highest BCUT2D eigenvalue weighted by Gasteiger charge is 2.29. The lowest BCUT2D eigenvalue weighted by Gasteiger charge is -2.29. The van der Waals surface area contributed by atoms with Crippen molar-refractivity contribution in [3.05, 3.63) is 35.9 Å². The zero-order chi connectivity index (χ0) is 27.5. The third-order valence-corrected chi connectivity index (χ3v) is 6.31. The number of methoxy groups -OCH3 is 1. The van der Waals surface area contributed by atoms with E-state index in [1.807, 2.05) is 37.3 Å². The van der Waals surface area contributed by atoms with Crippen molar-refractivity contribution in [1.82, 2.24) is 0 Å².